The van der Waals surface area contributed by atoms with Crippen molar-refractivity contribution in [2.24, 2.45) is 5.73 Å². The Balaban J connectivity index is 1.88. The number of carbonyl (C=O) groups is 2. The molecule has 0 radical (unpaired) electrons. The molecule has 0 aliphatic heterocycles. The van der Waals surface area contributed by atoms with Gasteiger partial charge in [-0.05, 0) is 36.4 Å². The zero-order valence-electron chi connectivity index (χ0n) is 13.4. The number of primary amides is 1. The van der Waals surface area contributed by atoms with Crippen LogP contribution in [0.3, 0.4) is 0 Å². The van der Waals surface area contributed by atoms with Crippen molar-refractivity contribution in [1.82, 2.24) is 10.1 Å². The first-order chi connectivity index (χ1) is 12.8. The van der Waals surface area contributed by atoms with Gasteiger partial charge in [-0.15, -0.1) is 0 Å². The molecule has 1 aromatic carbocycles. The largest absolute Gasteiger partial charge is 0.416 e. The van der Waals surface area contributed by atoms with E-state index < -0.39 is 23.6 Å². The number of halogens is 3. The minimum Gasteiger partial charge on any atom is -0.365 e. The van der Waals surface area contributed by atoms with Crippen LogP contribution in [0.2, 0.25) is 0 Å². The first-order valence-electron chi connectivity index (χ1n) is 7.46. The fraction of sp³-hybridized carbons (Fsp3) is 0.0588. The number of nitrogens with zero attached hydrogens (tertiary/aromatic N) is 2. The first kappa shape index (κ1) is 18.1. The lowest BCUT2D eigenvalue weighted by Gasteiger charge is -2.07. The van der Waals surface area contributed by atoms with Crippen molar-refractivity contribution in [2.45, 2.75) is 6.18 Å². The van der Waals surface area contributed by atoms with Crippen LogP contribution < -0.4 is 11.1 Å². The predicted molar refractivity (Wildman–Crippen MR) is 87.6 cm³/mol. The summed E-state index contributed by atoms with van der Waals surface area (Å²) in [5, 5.41) is 6.01. The topological polar surface area (TPSA) is 111 Å². The zero-order chi connectivity index (χ0) is 19.6. The van der Waals surface area contributed by atoms with Crippen LogP contribution in [0.4, 0.5) is 19.1 Å². The lowest BCUT2D eigenvalue weighted by molar-refractivity contribution is -0.137. The molecule has 2 amide bonds. The molecule has 0 bridgehead atoms. The predicted octanol–water partition coefficient (Wildman–Crippen LogP) is 3.11. The highest BCUT2D eigenvalue weighted by atomic mass is 19.4. The molecule has 0 aliphatic rings. The SMILES string of the molecule is NC(=O)c1c(-c2cccnc2)noc1NC(=O)c1ccc(C(F)(F)F)cc1. The monoisotopic (exact) mass is 376 g/mol. The molecule has 0 atom stereocenters. The Morgan fingerprint density at radius 1 is 1.11 bits per heavy atom. The van der Waals surface area contributed by atoms with E-state index in [0.717, 1.165) is 24.3 Å². The number of benzene rings is 1. The third-order valence-electron chi connectivity index (χ3n) is 3.57. The molecule has 3 aromatic rings. The highest BCUT2D eigenvalue weighted by Crippen LogP contribution is 2.30. The van der Waals surface area contributed by atoms with Crippen molar-refractivity contribution >= 4 is 17.7 Å². The number of alkyl halides is 3. The Hall–Kier alpha value is -3.69. The molecule has 2 heterocycles. The number of hydrogen-bond acceptors (Lipinski definition) is 5. The van der Waals surface area contributed by atoms with Gasteiger partial charge in [0.2, 0.25) is 5.88 Å². The van der Waals surface area contributed by atoms with Crippen LogP contribution in [0.5, 0.6) is 0 Å². The molecule has 7 nitrogen and oxygen atoms in total. The Morgan fingerprint density at radius 3 is 2.37 bits per heavy atom. The van der Waals surface area contributed by atoms with E-state index in [2.05, 4.69) is 15.5 Å². The van der Waals surface area contributed by atoms with Crippen LogP contribution in [0, 0.1) is 0 Å². The number of aromatic nitrogens is 2. The molecule has 3 rings (SSSR count). The fourth-order valence-corrected chi connectivity index (χ4v) is 2.29. The molecule has 27 heavy (non-hydrogen) atoms. The second-order valence-electron chi connectivity index (χ2n) is 5.37. The van der Waals surface area contributed by atoms with E-state index in [1.165, 1.54) is 12.4 Å². The van der Waals surface area contributed by atoms with Crippen molar-refractivity contribution in [1.29, 1.82) is 0 Å². The third-order valence-corrected chi connectivity index (χ3v) is 3.57. The number of amides is 2. The molecular formula is C17H11F3N4O3. The lowest BCUT2D eigenvalue weighted by atomic mass is 10.1. The van der Waals surface area contributed by atoms with E-state index in [4.69, 9.17) is 10.3 Å². The molecule has 138 valence electrons. The molecule has 10 heteroatoms. The maximum Gasteiger partial charge on any atom is 0.416 e. The van der Waals surface area contributed by atoms with E-state index in [1.54, 1.807) is 12.1 Å². The van der Waals surface area contributed by atoms with Gasteiger partial charge in [-0.3, -0.25) is 19.9 Å². The quantitative estimate of drug-likeness (QED) is 0.727. The molecular weight excluding hydrogens is 365 g/mol. The minimum atomic E-state index is -4.52. The summed E-state index contributed by atoms with van der Waals surface area (Å²) in [7, 11) is 0. The van der Waals surface area contributed by atoms with Crippen LogP contribution >= 0.6 is 0 Å². The number of rotatable bonds is 4. The smallest absolute Gasteiger partial charge is 0.365 e. The molecule has 0 fully saturated rings. The highest BCUT2D eigenvalue weighted by Gasteiger charge is 2.30. The minimum absolute atomic E-state index is 0.0715. The number of pyridine rings is 1. The van der Waals surface area contributed by atoms with Crippen molar-refractivity contribution in [3.05, 3.63) is 65.5 Å². The van der Waals surface area contributed by atoms with Gasteiger partial charge in [-0.1, -0.05) is 5.16 Å². The second-order valence-corrected chi connectivity index (χ2v) is 5.37. The summed E-state index contributed by atoms with van der Waals surface area (Å²) < 4.78 is 42.8. The average molecular weight is 376 g/mol. The number of nitrogens with one attached hydrogen (secondary N) is 1. The van der Waals surface area contributed by atoms with Crippen molar-refractivity contribution in [3.63, 3.8) is 0 Å². The summed E-state index contributed by atoms with van der Waals surface area (Å²) in [5.41, 5.74) is 4.72. The summed E-state index contributed by atoms with van der Waals surface area (Å²) in [4.78, 5) is 27.9. The first-order valence-corrected chi connectivity index (χ1v) is 7.46. The molecule has 0 aliphatic carbocycles. The maximum atomic E-state index is 12.6. The van der Waals surface area contributed by atoms with Crippen molar-refractivity contribution < 1.29 is 27.3 Å². The maximum absolute atomic E-state index is 12.6. The van der Waals surface area contributed by atoms with Crippen LogP contribution in [-0.2, 0) is 6.18 Å². The number of nitrogens with two attached hydrogens (primary N) is 1. The van der Waals surface area contributed by atoms with Crippen molar-refractivity contribution in [3.8, 4) is 11.3 Å². The summed E-state index contributed by atoms with van der Waals surface area (Å²) >= 11 is 0. The van der Waals surface area contributed by atoms with Crippen LogP contribution in [0.1, 0.15) is 26.3 Å². The summed E-state index contributed by atoms with van der Waals surface area (Å²) in [6.45, 7) is 0. The summed E-state index contributed by atoms with van der Waals surface area (Å²) in [6, 6.07) is 6.76. The summed E-state index contributed by atoms with van der Waals surface area (Å²) in [6.07, 6.45) is -1.58. The van der Waals surface area contributed by atoms with E-state index in [1.807, 2.05) is 0 Å². The van der Waals surface area contributed by atoms with E-state index >= 15 is 0 Å². The zero-order valence-corrected chi connectivity index (χ0v) is 13.4. The number of anilines is 1. The van der Waals surface area contributed by atoms with Gasteiger partial charge in [-0.25, -0.2) is 0 Å². The Morgan fingerprint density at radius 2 is 1.81 bits per heavy atom. The fourth-order valence-electron chi connectivity index (χ4n) is 2.29. The third kappa shape index (κ3) is 3.78. The van der Waals surface area contributed by atoms with Gasteiger partial charge in [0.1, 0.15) is 11.3 Å². The van der Waals surface area contributed by atoms with Crippen LogP contribution in [-0.4, -0.2) is 22.0 Å². The summed E-state index contributed by atoms with van der Waals surface area (Å²) in [5.74, 6) is -2.01. The molecule has 0 saturated carbocycles. The Bertz CT molecular complexity index is 983. The highest BCUT2D eigenvalue weighted by molar-refractivity contribution is 6.09. The molecule has 0 spiro atoms. The molecule has 0 unspecified atom stereocenters. The van der Waals surface area contributed by atoms with E-state index in [9.17, 15) is 22.8 Å². The Labute approximate surface area is 150 Å². The van der Waals surface area contributed by atoms with Crippen LogP contribution in [0.15, 0.2) is 53.3 Å². The second kappa shape index (κ2) is 6.90. The standard InChI is InChI=1S/C17H11F3N4O3/c18-17(19,20)11-5-3-9(4-6-11)15(26)23-16-12(14(21)25)13(24-27-16)10-2-1-7-22-8-10/h1-8H,(H2,21,25)(H,23,26). The van der Waals surface area contributed by atoms with E-state index in [0.29, 0.717) is 5.56 Å². The van der Waals surface area contributed by atoms with E-state index in [-0.39, 0.29) is 22.7 Å². The van der Waals surface area contributed by atoms with Gasteiger partial charge in [0, 0.05) is 23.5 Å². The molecule has 3 N–H and O–H groups in total. The normalized spacial score (nSPS) is 11.2. The lowest BCUT2D eigenvalue weighted by Crippen LogP contribution is -2.18. The van der Waals surface area contributed by atoms with Gasteiger partial charge in [0.05, 0.1) is 5.56 Å². The number of carbonyl (C=O) groups excluding carboxylic acids is 2. The van der Waals surface area contributed by atoms with Crippen LogP contribution in [0.25, 0.3) is 11.3 Å². The van der Waals surface area contributed by atoms with Gasteiger partial charge < -0.3 is 10.3 Å². The Kier molecular flexibility index (Phi) is 4.63. The molecule has 2 aromatic heterocycles. The van der Waals surface area contributed by atoms with Crippen molar-refractivity contribution in [2.75, 3.05) is 5.32 Å². The van der Waals surface area contributed by atoms with Gasteiger partial charge >= 0.3 is 6.18 Å². The molecule has 0 saturated heterocycles. The van der Waals surface area contributed by atoms with Gasteiger partial charge in [0.15, 0.2) is 0 Å². The van der Waals surface area contributed by atoms with Gasteiger partial charge in [-0.2, -0.15) is 13.2 Å². The number of hydrogen-bond donors (Lipinski definition) is 2. The average Bonchev–Trinajstić information content (AvgIpc) is 3.05. The van der Waals surface area contributed by atoms with Gasteiger partial charge in [0.25, 0.3) is 11.8 Å².